The van der Waals surface area contributed by atoms with E-state index in [9.17, 15) is 4.79 Å². The monoisotopic (exact) mass is 337 g/mol. The topological polar surface area (TPSA) is 29.1 Å². The maximum absolute atomic E-state index is 12.0. The molecule has 0 aliphatic heterocycles. The fraction of sp³-hybridized carbons (Fsp3) is 0.133. The second-order valence-electron chi connectivity index (χ2n) is 4.12. The number of carbonyl (C=O) groups excluding carboxylic acids is 1. The minimum absolute atomic E-state index is 0.0777. The molecule has 0 saturated carbocycles. The van der Waals surface area contributed by atoms with Gasteiger partial charge in [0, 0.05) is 10.7 Å². The zero-order valence-corrected chi connectivity index (χ0v) is 12.5. The molecule has 0 aliphatic rings. The third-order valence-electron chi connectivity index (χ3n) is 2.68. The second-order valence-corrected chi connectivity index (χ2v) is 5.63. The van der Waals surface area contributed by atoms with E-state index in [0.29, 0.717) is 11.4 Å². The molecule has 4 heteroatoms. The maximum atomic E-state index is 12.0. The van der Waals surface area contributed by atoms with E-state index in [4.69, 9.17) is 11.6 Å². The summed E-state index contributed by atoms with van der Waals surface area (Å²) in [5.41, 5.74) is 1.74. The van der Waals surface area contributed by atoms with Gasteiger partial charge in [-0.25, -0.2) is 0 Å². The zero-order chi connectivity index (χ0) is 13.7. The van der Waals surface area contributed by atoms with Gasteiger partial charge in [-0.05, 0) is 30.2 Å². The number of para-hydroxylation sites is 1. The van der Waals surface area contributed by atoms with Crippen LogP contribution in [-0.2, 0) is 11.2 Å². The summed E-state index contributed by atoms with van der Waals surface area (Å²) < 4.78 is 0. The largest absolute Gasteiger partial charge is 0.325 e. The number of rotatable bonds is 4. The van der Waals surface area contributed by atoms with Gasteiger partial charge < -0.3 is 5.32 Å². The van der Waals surface area contributed by atoms with Crippen molar-refractivity contribution in [2.45, 2.75) is 11.2 Å². The molecular formula is C15H13BrClNO. The first-order valence-electron chi connectivity index (χ1n) is 5.90. The Morgan fingerprint density at radius 3 is 2.42 bits per heavy atom. The first-order valence-corrected chi connectivity index (χ1v) is 7.19. The van der Waals surface area contributed by atoms with E-state index in [1.165, 1.54) is 0 Å². The van der Waals surface area contributed by atoms with Crippen molar-refractivity contribution in [1.29, 1.82) is 0 Å². The van der Waals surface area contributed by atoms with Gasteiger partial charge >= 0.3 is 0 Å². The quantitative estimate of drug-likeness (QED) is 0.828. The van der Waals surface area contributed by atoms with Crippen LogP contribution in [0.15, 0.2) is 54.6 Å². The second kappa shape index (κ2) is 6.73. The minimum atomic E-state index is -0.312. The molecule has 0 radical (unpaired) electrons. The van der Waals surface area contributed by atoms with Crippen LogP contribution in [0.3, 0.4) is 0 Å². The normalized spacial score (nSPS) is 11.9. The van der Waals surface area contributed by atoms with E-state index in [0.717, 1.165) is 11.3 Å². The van der Waals surface area contributed by atoms with Crippen molar-refractivity contribution in [3.05, 3.63) is 65.2 Å². The van der Waals surface area contributed by atoms with Gasteiger partial charge in [0.1, 0.15) is 0 Å². The Kier molecular flexibility index (Phi) is 5.00. The fourth-order valence-electron chi connectivity index (χ4n) is 1.69. The number of hydrogen-bond donors (Lipinski definition) is 1. The van der Waals surface area contributed by atoms with E-state index in [2.05, 4.69) is 21.2 Å². The highest BCUT2D eigenvalue weighted by molar-refractivity contribution is 9.10. The molecule has 19 heavy (non-hydrogen) atoms. The van der Waals surface area contributed by atoms with Crippen LogP contribution in [0.25, 0.3) is 0 Å². The summed E-state index contributed by atoms with van der Waals surface area (Å²) >= 11 is 9.48. The lowest BCUT2D eigenvalue weighted by atomic mass is 10.1. The molecule has 1 N–H and O–H groups in total. The van der Waals surface area contributed by atoms with Crippen molar-refractivity contribution >= 4 is 39.1 Å². The molecule has 0 fully saturated rings. The number of carbonyl (C=O) groups is 1. The van der Waals surface area contributed by atoms with Crippen molar-refractivity contribution in [1.82, 2.24) is 0 Å². The standard InChI is InChI=1S/C15H13BrClNO/c16-13(10-11-6-4-5-9-14(11)17)15(19)18-12-7-2-1-3-8-12/h1-9,13H,10H2,(H,18,19). The Morgan fingerprint density at radius 1 is 1.11 bits per heavy atom. The Labute approximate surface area is 125 Å². The molecule has 2 rings (SSSR count). The Bertz CT molecular complexity index is 559. The summed E-state index contributed by atoms with van der Waals surface area (Å²) in [5, 5.41) is 3.53. The summed E-state index contributed by atoms with van der Waals surface area (Å²) in [4.78, 5) is 11.7. The number of alkyl halides is 1. The Hall–Kier alpha value is -1.32. The molecule has 0 aliphatic carbocycles. The van der Waals surface area contributed by atoms with Crippen LogP contribution in [-0.4, -0.2) is 10.7 Å². The Balaban J connectivity index is 1.98. The molecule has 1 atom stereocenters. The lowest BCUT2D eigenvalue weighted by Gasteiger charge is -2.11. The molecule has 0 spiro atoms. The van der Waals surface area contributed by atoms with Crippen molar-refractivity contribution in [3.63, 3.8) is 0 Å². The molecule has 2 aromatic carbocycles. The third-order valence-corrected chi connectivity index (χ3v) is 3.79. The summed E-state index contributed by atoms with van der Waals surface area (Å²) in [5.74, 6) is -0.0777. The number of anilines is 1. The predicted molar refractivity (Wildman–Crippen MR) is 82.9 cm³/mol. The molecule has 0 aromatic heterocycles. The highest BCUT2D eigenvalue weighted by atomic mass is 79.9. The SMILES string of the molecule is O=C(Nc1ccccc1)C(Br)Cc1ccccc1Cl. The number of benzene rings is 2. The van der Waals surface area contributed by atoms with Crippen LogP contribution >= 0.6 is 27.5 Å². The van der Waals surface area contributed by atoms with E-state index in [1.807, 2.05) is 54.6 Å². The summed E-state index contributed by atoms with van der Waals surface area (Å²) in [6, 6.07) is 16.9. The zero-order valence-electron chi connectivity index (χ0n) is 10.1. The van der Waals surface area contributed by atoms with Gasteiger partial charge in [0.25, 0.3) is 0 Å². The average molecular weight is 339 g/mol. The van der Waals surface area contributed by atoms with Gasteiger partial charge in [0.2, 0.25) is 5.91 Å². The molecule has 2 nitrogen and oxygen atoms in total. The Morgan fingerprint density at radius 2 is 1.74 bits per heavy atom. The molecule has 0 saturated heterocycles. The third kappa shape index (κ3) is 4.08. The van der Waals surface area contributed by atoms with Crippen LogP contribution in [0.4, 0.5) is 5.69 Å². The van der Waals surface area contributed by atoms with Gasteiger partial charge in [-0.1, -0.05) is 63.9 Å². The molecule has 0 heterocycles. The van der Waals surface area contributed by atoms with Gasteiger partial charge in [-0.3, -0.25) is 4.79 Å². The van der Waals surface area contributed by atoms with Gasteiger partial charge in [-0.15, -0.1) is 0 Å². The number of amides is 1. The van der Waals surface area contributed by atoms with Crippen LogP contribution in [0, 0.1) is 0 Å². The molecular weight excluding hydrogens is 326 g/mol. The molecule has 0 bridgehead atoms. The van der Waals surface area contributed by atoms with E-state index >= 15 is 0 Å². The van der Waals surface area contributed by atoms with E-state index in [-0.39, 0.29) is 10.7 Å². The van der Waals surface area contributed by atoms with Crippen LogP contribution in [0.2, 0.25) is 5.02 Å². The molecule has 98 valence electrons. The summed E-state index contributed by atoms with van der Waals surface area (Å²) in [6.45, 7) is 0. The summed E-state index contributed by atoms with van der Waals surface area (Å²) in [6.07, 6.45) is 0.554. The molecule has 2 aromatic rings. The van der Waals surface area contributed by atoms with Crippen molar-refractivity contribution in [2.24, 2.45) is 0 Å². The lowest BCUT2D eigenvalue weighted by molar-refractivity contribution is -0.115. The van der Waals surface area contributed by atoms with Crippen LogP contribution in [0.5, 0.6) is 0 Å². The van der Waals surface area contributed by atoms with Gasteiger partial charge in [0.15, 0.2) is 0 Å². The first-order chi connectivity index (χ1) is 9.16. The first kappa shape index (κ1) is 14.1. The van der Waals surface area contributed by atoms with Gasteiger partial charge in [-0.2, -0.15) is 0 Å². The number of nitrogens with one attached hydrogen (secondary N) is 1. The minimum Gasteiger partial charge on any atom is -0.325 e. The molecule has 1 amide bonds. The smallest absolute Gasteiger partial charge is 0.238 e. The highest BCUT2D eigenvalue weighted by Crippen LogP contribution is 2.20. The summed E-state index contributed by atoms with van der Waals surface area (Å²) in [7, 11) is 0. The fourth-order valence-corrected chi connectivity index (χ4v) is 2.37. The number of hydrogen-bond acceptors (Lipinski definition) is 1. The maximum Gasteiger partial charge on any atom is 0.238 e. The van der Waals surface area contributed by atoms with Crippen LogP contribution < -0.4 is 5.32 Å². The average Bonchev–Trinajstić information content (AvgIpc) is 2.42. The lowest BCUT2D eigenvalue weighted by Crippen LogP contribution is -2.24. The molecule has 1 unspecified atom stereocenters. The van der Waals surface area contributed by atoms with Crippen molar-refractivity contribution in [2.75, 3.05) is 5.32 Å². The van der Waals surface area contributed by atoms with Gasteiger partial charge in [0.05, 0.1) is 4.83 Å². The van der Waals surface area contributed by atoms with Crippen molar-refractivity contribution in [3.8, 4) is 0 Å². The van der Waals surface area contributed by atoms with Crippen LogP contribution in [0.1, 0.15) is 5.56 Å². The highest BCUT2D eigenvalue weighted by Gasteiger charge is 2.16. The predicted octanol–water partition coefficient (Wildman–Crippen LogP) is 4.28. The number of halogens is 2. The van der Waals surface area contributed by atoms with E-state index < -0.39 is 0 Å². The van der Waals surface area contributed by atoms with Crippen molar-refractivity contribution < 1.29 is 4.79 Å². The van der Waals surface area contributed by atoms with E-state index in [1.54, 1.807) is 0 Å².